The molecule has 1 atom stereocenters. The lowest BCUT2D eigenvalue weighted by molar-refractivity contribution is -0.133. The lowest BCUT2D eigenvalue weighted by atomic mass is 9.99. The highest BCUT2D eigenvalue weighted by atomic mass is 16.3. The SMILES string of the molecule is C[C@]1(c2ccco2)NC(=O)N(CN2CCN(Cc3cccc4ccccc34)CC2)C1=O. The first kappa shape index (κ1) is 19.8. The van der Waals surface area contributed by atoms with Crippen molar-refractivity contribution in [2.45, 2.75) is 19.0 Å². The number of fused-ring (bicyclic) bond motifs is 1. The molecule has 2 aliphatic heterocycles. The molecular weight excluding hydrogens is 392 g/mol. The molecule has 1 aromatic heterocycles. The number of benzene rings is 2. The van der Waals surface area contributed by atoms with E-state index in [4.69, 9.17) is 4.42 Å². The van der Waals surface area contributed by atoms with E-state index in [1.165, 1.54) is 27.5 Å². The van der Waals surface area contributed by atoms with Gasteiger partial charge in [0, 0.05) is 32.7 Å². The Labute approximate surface area is 181 Å². The Morgan fingerprint density at radius 1 is 0.935 bits per heavy atom. The number of nitrogens with one attached hydrogen (secondary N) is 1. The number of amides is 3. The smallest absolute Gasteiger partial charge is 0.326 e. The van der Waals surface area contributed by atoms with Crippen LogP contribution in [0, 0.1) is 0 Å². The molecule has 3 aromatic rings. The number of carbonyl (C=O) groups is 2. The third-order valence-corrected chi connectivity index (χ3v) is 6.37. The van der Waals surface area contributed by atoms with E-state index in [2.05, 4.69) is 57.6 Å². The van der Waals surface area contributed by atoms with Crippen LogP contribution in [-0.2, 0) is 16.9 Å². The molecule has 0 radical (unpaired) electrons. The van der Waals surface area contributed by atoms with Crippen molar-refractivity contribution in [1.82, 2.24) is 20.0 Å². The molecule has 5 rings (SSSR count). The molecule has 0 bridgehead atoms. The van der Waals surface area contributed by atoms with Gasteiger partial charge in [0.05, 0.1) is 12.9 Å². The first-order valence-electron chi connectivity index (χ1n) is 10.6. The van der Waals surface area contributed by atoms with E-state index >= 15 is 0 Å². The maximum absolute atomic E-state index is 13.0. The fraction of sp³-hybridized carbons (Fsp3) is 0.333. The largest absolute Gasteiger partial charge is 0.466 e. The third-order valence-electron chi connectivity index (χ3n) is 6.37. The predicted octanol–water partition coefficient (Wildman–Crippen LogP) is 2.98. The minimum Gasteiger partial charge on any atom is -0.466 e. The lowest BCUT2D eigenvalue weighted by Gasteiger charge is -2.36. The van der Waals surface area contributed by atoms with Crippen LogP contribution in [0.5, 0.6) is 0 Å². The summed E-state index contributed by atoms with van der Waals surface area (Å²) in [7, 11) is 0. The van der Waals surface area contributed by atoms with Crippen molar-refractivity contribution in [3.05, 3.63) is 72.2 Å². The van der Waals surface area contributed by atoms with Crippen molar-refractivity contribution in [2.24, 2.45) is 0 Å². The van der Waals surface area contributed by atoms with Gasteiger partial charge in [0.1, 0.15) is 5.76 Å². The summed E-state index contributed by atoms with van der Waals surface area (Å²) in [6, 6.07) is 18.0. The Hall–Kier alpha value is -3.16. The van der Waals surface area contributed by atoms with Gasteiger partial charge in [-0.3, -0.25) is 14.6 Å². The normalized spacial score (nSPS) is 22.9. The summed E-state index contributed by atoms with van der Waals surface area (Å²) in [4.78, 5) is 31.4. The van der Waals surface area contributed by atoms with Gasteiger partial charge in [0.15, 0.2) is 5.54 Å². The topological polar surface area (TPSA) is 69.0 Å². The summed E-state index contributed by atoms with van der Waals surface area (Å²) >= 11 is 0. The zero-order valence-electron chi connectivity index (χ0n) is 17.6. The summed E-state index contributed by atoms with van der Waals surface area (Å²) in [5.41, 5.74) is 0.186. The van der Waals surface area contributed by atoms with Crippen molar-refractivity contribution < 1.29 is 14.0 Å². The number of hydrogen-bond donors (Lipinski definition) is 1. The average Bonchev–Trinajstić information content (AvgIpc) is 3.40. The monoisotopic (exact) mass is 418 g/mol. The Bertz CT molecular complexity index is 1100. The van der Waals surface area contributed by atoms with Gasteiger partial charge in [0.25, 0.3) is 5.91 Å². The van der Waals surface area contributed by atoms with Crippen LogP contribution in [0.4, 0.5) is 4.79 Å². The zero-order chi connectivity index (χ0) is 21.4. The second-order valence-corrected chi connectivity index (χ2v) is 8.44. The average molecular weight is 418 g/mol. The molecule has 2 fully saturated rings. The molecule has 3 amide bonds. The van der Waals surface area contributed by atoms with E-state index in [1.807, 2.05) is 0 Å². The molecule has 0 saturated carbocycles. The molecule has 160 valence electrons. The van der Waals surface area contributed by atoms with Crippen molar-refractivity contribution in [3.8, 4) is 0 Å². The van der Waals surface area contributed by atoms with Crippen LogP contribution in [0.1, 0.15) is 18.2 Å². The first-order valence-corrected chi connectivity index (χ1v) is 10.6. The Morgan fingerprint density at radius 3 is 2.45 bits per heavy atom. The summed E-state index contributed by atoms with van der Waals surface area (Å²) in [5.74, 6) is 0.180. The third kappa shape index (κ3) is 3.60. The molecule has 7 nitrogen and oxygen atoms in total. The number of imide groups is 1. The maximum atomic E-state index is 13.0. The second-order valence-electron chi connectivity index (χ2n) is 8.44. The number of rotatable bonds is 5. The van der Waals surface area contributed by atoms with Crippen molar-refractivity contribution in [2.75, 3.05) is 32.8 Å². The number of nitrogens with zero attached hydrogens (tertiary/aromatic N) is 3. The van der Waals surface area contributed by atoms with Crippen LogP contribution < -0.4 is 5.32 Å². The minimum atomic E-state index is -1.14. The fourth-order valence-corrected chi connectivity index (χ4v) is 4.52. The standard InChI is InChI=1S/C24H26N4O3/c1-24(21-10-5-15-31-21)22(29)28(23(30)25-24)17-27-13-11-26(12-14-27)16-19-8-4-7-18-6-2-3-9-20(18)19/h2-10,15H,11-14,16-17H2,1H3,(H,25,30)/t24-/m1/s1. The maximum Gasteiger partial charge on any atom is 0.326 e. The van der Waals surface area contributed by atoms with Crippen molar-refractivity contribution in [1.29, 1.82) is 0 Å². The highest BCUT2D eigenvalue weighted by Gasteiger charge is 2.51. The molecule has 2 aromatic carbocycles. The van der Waals surface area contributed by atoms with Crippen LogP contribution in [0.15, 0.2) is 65.3 Å². The molecule has 1 N–H and O–H groups in total. The van der Waals surface area contributed by atoms with Gasteiger partial charge in [-0.15, -0.1) is 0 Å². The van der Waals surface area contributed by atoms with Crippen LogP contribution in [0.2, 0.25) is 0 Å². The highest BCUT2D eigenvalue weighted by Crippen LogP contribution is 2.29. The van der Waals surface area contributed by atoms with E-state index in [-0.39, 0.29) is 11.9 Å². The van der Waals surface area contributed by atoms with Gasteiger partial charge in [-0.2, -0.15) is 0 Å². The van der Waals surface area contributed by atoms with Crippen LogP contribution in [-0.4, -0.2) is 59.5 Å². The zero-order valence-corrected chi connectivity index (χ0v) is 17.6. The number of urea groups is 1. The van der Waals surface area contributed by atoms with E-state index in [1.54, 1.807) is 19.1 Å². The molecule has 3 heterocycles. The fourth-order valence-electron chi connectivity index (χ4n) is 4.52. The number of piperazine rings is 1. The molecular formula is C24H26N4O3. The van der Waals surface area contributed by atoms with Gasteiger partial charge in [-0.05, 0) is 35.4 Å². The van der Waals surface area contributed by atoms with Crippen molar-refractivity contribution in [3.63, 3.8) is 0 Å². The van der Waals surface area contributed by atoms with Gasteiger partial charge in [-0.25, -0.2) is 9.69 Å². The van der Waals surface area contributed by atoms with Crippen LogP contribution >= 0.6 is 0 Å². The van der Waals surface area contributed by atoms with Gasteiger partial charge < -0.3 is 9.73 Å². The quantitative estimate of drug-likeness (QED) is 0.645. The van der Waals surface area contributed by atoms with Gasteiger partial charge in [-0.1, -0.05) is 42.5 Å². The Morgan fingerprint density at radius 2 is 1.68 bits per heavy atom. The molecule has 2 aliphatic rings. The van der Waals surface area contributed by atoms with E-state index < -0.39 is 5.54 Å². The van der Waals surface area contributed by atoms with Crippen LogP contribution in [0.25, 0.3) is 10.8 Å². The second kappa shape index (κ2) is 7.83. The molecule has 31 heavy (non-hydrogen) atoms. The highest BCUT2D eigenvalue weighted by molar-refractivity contribution is 6.06. The summed E-state index contributed by atoms with van der Waals surface area (Å²) in [6.07, 6.45) is 1.51. The molecule has 0 spiro atoms. The van der Waals surface area contributed by atoms with Gasteiger partial charge >= 0.3 is 6.03 Å². The predicted molar refractivity (Wildman–Crippen MR) is 117 cm³/mol. The number of hydrogen-bond acceptors (Lipinski definition) is 5. The van der Waals surface area contributed by atoms with Crippen LogP contribution in [0.3, 0.4) is 0 Å². The number of furan rings is 1. The number of carbonyl (C=O) groups excluding carboxylic acids is 2. The van der Waals surface area contributed by atoms with Crippen molar-refractivity contribution >= 4 is 22.7 Å². The lowest BCUT2D eigenvalue weighted by Crippen LogP contribution is -2.51. The molecule has 7 heteroatoms. The van der Waals surface area contributed by atoms with E-state index in [9.17, 15) is 9.59 Å². The summed E-state index contributed by atoms with van der Waals surface area (Å²) in [5, 5.41) is 5.34. The van der Waals surface area contributed by atoms with E-state index in [0.29, 0.717) is 12.4 Å². The first-order chi connectivity index (χ1) is 15.0. The molecule has 0 unspecified atom stereocenters. The Kier molecular flexibility index (Phi) is 5.00. The molecule has 0 aliphatic carbocycles. The Balaban J connectivity index is 1.20. The minimum absolute atomic E-state index is 0.273. The summed E-state index contributed by atoms with van der Waals surface area (Å²) in [6.45, 7) is 6.27. The van der Waals surface area contributed by atoms with Gasteiger partial charge in [0.2, 0.25) is 0 Å². The van der Waals surface area contributed by atoms with E-state index in [0.717, 1.165) is 32.7 Å². The summed E-state index contributed by atoms with van der Waals surface area (Å²) < 4.78 is 5.40. The molecule has 2 saturated heterocycles.